The average Bonchev–Trinajstić information content (AvgIpc) is 3.40. The van der Waals surface area contributed by atoms with Gasteiger partial charge in [-0.05, 0) is 93.9 Å². The van der Waals surface area contributed by atoms with Crippen molar-refractivity contribution in [3.8, 4) is 17.2 Å². The van der Waals surface area contributed by atoms with Gasteiger partial charge in [-0.3, -0.25) is 4.79 Å². The fraction of sp³-hybridized carbons (Fsp3) is 0.500. The Morgan fingerprint density at radius 2 is 1.60 bits per heavy atom. The summed E-state index contributed by atoms with van der Waals surface area (Å²) in [6.07, 6.45) is 12.1. The largest absolute Gasteiger partial charge is 0.507 e. The number of ether oxygens (including phenoxy) is 2. The van der Waals surface area contributed by atoms with E-state index in [1.165, 1.54) is 12.5 Å². The molecule has 0 radical (unpaired) electrons. The molecule has 4 rings (SSSR count). The van der Waals surface area contributed by atoms with Crippen LogP contribution in [0.3, 0.4) is 0 Å². The summed E-state index contributed by atoms with van der Waals surface area (Å²) in [5, 5.41) is 32.6. The zero-order chi connectivity index (χ0) is 31.9. The summed E-state index contributed by atoms with van der Waals surface area (Å²) in [7, 11) is 0. The predicted molar refractivity (Wildman–Crippen MR) is 168 cm³/mol. The molecule has 2 heterocycles. The maximum absolute atomic E-state index is 14.4. The maximum Gasteiger partial charge on any atom is 0.330 e. The van der Waals surface area contributed by atoms with Crippen molar-refractivity contribution >= 4 is 11.8 Å². The van der Waals surface area contributed by atoms with E-state index in [4.69, 9.17) is 9.47 Å². The summed E-state index contributed by atoms with van der Waals surface area (Å²) >= 11 is 0. The summed E-state index contributed by atoms with van der Waals surface area (Å²) in [5.74, 6) is -1.74. The van der Waals surface area contributed by atoms with E-state index >= 15 is 0 Å². The number of carbonyl (C=O) groups is 2. The third kappa shape index (κ3) is 5.97. The van der Waals surface area contributed by atoms with Crippen LogP contribution in [0, 0.1) is 5.92 Å². The summed E-state index contributed by atoms with van der Waals surface area (Å²) in [6.45, 7) is 15.5. The van der Waals surface area contributed by atoms with Crippen molar-refractivity contribution < 1.29 is 34.4 Å². The molecular weight excluding hydrogens is 544 g/mol. The van der Waals surface area contributed by atoms with Gasteiger partial charge in [0.15, 0.2) is 11.4 Å². The van der Waals surface area contributed by atoms with Gasteiger partial charge < -0.3 is 24.8 Å². The van der Waals surface area contributed by atoms with Crippen LogP contribution in [0.1, 0.15) is 103 Å². The van der Waals surface area contributed by atoms with Crippen LogP contribution in [-0.2, 0) is 22.4 Å². The molecule has 232 valence electrons. The van der Waals surface area contributed by atoms with Gasteiger partial charge in [-0.15, -0.1) is 0 Å². The van der Waals surface area contributed by atoms with E-state index in [0.29, 0.717) is 29.5 Å². The number of aliphatic carboxylic acids is 1. The van der Waals surface area contributed by atoms with Gasteiger partial charge in [-0.1, -0.05) is 47.1 Å². The van der Waals surface area contributed by atoms with E-state index < -0.39 is 23.3 Å². The number of phenolic OH excluding ortho intramolecular Hbond substituents is 2. The molecular formula is C36H46O7. The number of allylic oxidation sites excluding steroid dienone is 7. The van der Waals surface area contributed by atoms with E-state index in [-0.39, 0.29) is 52.9 Å². The molecule has 1 spiro atoms. The first-order valence-corrected chi connectivity index (χ1v) is 15.2. The number of phenols is 2. The predicted octanol–water partition coefficient (Wildman–Crippen LogP) is 7.70. The highest BCUT2D eigenvalue weighted by molar-refractivity contribution is 6.16. The molecule has 3 N–H and O–H groups in total. The third-order valence-electron chi connectivity index (χ3n) is 9.03. The van der Waals surface area contributed by atoms with Crippen LogP contribution in [0.25, 0.3) is 0 Å². The molecule has 1 fully saturated rings. The Balaban J connectivity index is 1.85. The first kappa shape index (κ1) is 32.3. The van der Waals surface area contributed by atoms with Crippen molar-refractivity contribution in [2.75, 3.05) is 0 Å². The number of rotatable bonds is 10. The monoisotopic (exact) mass is 590 g/mol. The maximum atomic E-state index is 14.4. The topological polar surface area (TPSA) is 113 Å². The smallest absolute Gasteiger partial charge is 0.330 e. The number of Topliss-reactive ketones (excluding diaryl/α,β-unsaturated/α-hetero) is 1. The Labute approximate surface area is 255 Å². The molecule has 3 aliphatic rings. The summed E-state index contributed by atoms with van der Waals surface area (Å²) in [4.78, 5) is 25.9. The van der Waals surface area contributed by atoms with Gasteiger partial charge in [0.25, 0.3) is 0 Å². The van der Waals surface area contributed by atoms with Crippen LogP contribution in [-0.4, -0.2) is 44.4 Å². The second kappa shape index (κ2) is 12.2. The second-order valence-corrected chi connectivity index (χ2v) is 13.2. The van der Waals surface area contributed by atoms with Gasteiger partial charge in [0, 0.05) is 28.2 Å². The highest BCUT2D eigenvalue weighted by atomic mass is 16.6. The first-order valence-electron chi connectivity index (χ1n) is 15.2. The van der Waals surface area contributed by atoms with Crippen LogP contribution >= 0.6 is 0 Å². The molecule has 1 aromatic rings. The Bertz CT molecular complexity index is 1480. The lowest BCUT2D eigenvalue weighted by molar-refractivity contribution is -0.132. The third-order valence-corrected chi connectivity index (χ3v) is 9.03. The second-order valence-electron chi connectivity index (χ2n) is 13.2. The lowest BCUT2D eigenvalue weighted by atomic mass is 9.72. The first-order chi connectivity index (χ1) is 20.1. The van der Waals surface area contributed by atoms with Gasteiger partial charge in [0.2, 0.25) is 0 Å². The van der Waals surface area contributed by atoms with Crippen LogP contribution in [0.4, 0.5) is 0 Å². The van der Waals surface area contributed by atoms with Crippen LogP contribution in [0.15, 0.2) is 58.2 Å². The van der Waals surface area contributed by atoms with Crippen molar-refractivity contribution in [3.63, 3.8) is 0 Å². The van der Waals surface area contributed by atoms with Crippen LogP contribution in [0.2, 0.25) is 0 Å². The minimum absolute atomic E-state index is 0.0683. The molecule has 2 unspecified atom stereocenters. The molecule has 7 heteroatoms. The Morgan fingerprint density at radius 1 is 0.953 bits per heavy atom. The number of ketones is 1. The van der Waals surface area contributed by atoms with Crippen LogP contribution in [0.5, 0.6) is 17.2 Å². The summed E-state index contributed by atoms with van der Waals surface area (Å²) in [6, 6.07) is 0. The zero-order valence-electron chi connectivity index (χ0n) is 26.8. The minimum atomic E-state index is -1.18. The van der Waals surface area contributed by atoms with Crippen LogP contribution < -0.4 is 4.74 Å². The highest BCUT2D eigenvalue weighted by Gasteiger charge is 2.68. The summed E-state index contributed by atoms with van der Waals surface area (Å²) < 4.78 is 13.4. The summed E-state index contributed by atoms with van der Waals surface area (Å²) in [5.41, 5.74) is 3.01. The van der Waals surface area contributed by atoms with Crippen molar-refractivity contribution in [2.45, 2.75) is 111 Å². The molecule has 0 bridgehead atoms. The number of carboxylic acids is 1. The molecule has 1 saturated heterocycles. The van der Waals surface area contributed by atoms with Gasteiger partial charge in [-0.2, -0.15) is 0 Å². The quantitative estimate of drug-likeness (QED) is 0.189. The number of benzene rings is 1. The fourth-order valence-corrected chi connectivity index (χ4v) is 6.64. The molecule has 0 aromatic heterocycles. The number of carbonyl (C=O) groups excluding carboxylic acids is 1. The Kier molecular flexibility index (Phi) is 9.17. The molecule has 0 saturated carbocycles. The highest BCUT2D eigenvalue weighted by Crippen LogP contribution is 2.61. The van der Waals surface area contributed by atoms with Crippen molar-refractivity contribution in [3.05, 3.63) is 74.9 Å². The fourth-order valence-electron chi connectivity index (χ4n) is 6.64. The molecule has 1 aromatic carbocycles. The van der Waals surface area contributed by atoms with E-state index in [2.05, 4.69) is 19.9 Å². The average molecular weight is 591 g/mol. The van der Waals surface area contributed by atoms with Gasteiger partial charge >= 0.3 is 5.97 Å². The SMILES string of the molecule is CC(C)=CCC/C(C)=C/Cc1c(O)c(CC=C(C)C)c2c(c1O)C(=O)C1=CCC3C(C)(C)OC(C/C=C(\C)C(=O)O)[C@]13O2. The van der Waals surface area contributed by atoms with E-state index in [9.17, 15) is 24.9 Å². The number of hydrogen-bond acceptors (Lipinski definition) is 6. The lowest BCUT2D eigenvalue weighted by Gasteiger charge is -2.42. The molecule has 2 aliphatic heterocycles. The Hall–Kier alpha value is -3.58. The number of carboxylic acid groups (broad SMARTS) is 1. The zero-order valence-corrected chi connectivity index (χ0v) is 26.8. The van der Waals surface area contributed by atoms with Crippen molar-refractivity contribution in [1.82, 2.24) is 0 Å². The number of aromatic hydroxyl groups is 2. The van der Waals surface area contributed by atoms with Gasteiger partial charge in [-0.25, -0.2) is 4.79 Å². The molecule has 43 heavy (non-hydrogen) atoms. The van der Waals surface area contributed by atoms with E-state index in [0.717, 1.165) is 24.0 Å². The standard InChI is InChI=1S/C36H46O7/c1-20(2)10-9-11-22(5)13-16-24-30(37)25(15-12-21(3)4)33-29(31(24)38)32(39)26-17-18-27-35(7,8)42-28(36(26,27)43-33)19-14-23(6)34(40)41/h10,12-14,17,27-28,37-38H,9,11,15-16,18-19H2,1-8H3,(H,40,41)/b22-13+,23-14+/t27?,28?,36-/m0/s1. The number of hydrogen-bond donors (Lipinski definition) is 3. The normalized spacial score (nSPS) is 24.0. The number of fused-ring (bicyclic) bond motifs is 1. The van der Waals surface area contributed by atoms with Crippen molar-refractivity contribution in [2.24, 2.45) is 5.92 Å². The van der Waals surface area contributed by atoms with E-state index in [1.54, 1.807) is 6.08 Å². The molecule has 1 aliphatic carbocycles. The van der Waals surface area contributed by atoms with Gasteiger partial charge in [0.1, 0.15) is 28.9 Å². The van der Waals surface area contributed by atoms with Gasteiger partial charge in [0.05, 0.1) is 5.60 Å². The van der Waals surface area contributed by atoms with Crippen molar-refractivity contribution in [1.29, 1.82) is 0 Å². The molecule has 0 amide bonds. The van der Waals surface area contributed by atoms with E-state index in [1.807, 2.05) is 52.8 Å². The lowest BCUT2D eigenvalue weighted by Crippen LogP contribution is -2.54. The Morgan fingerprint density at radius 3 is 2.23 bits per heavy atom. The molecule has 7 nitrogen and oxygen atoms in total. The molecule has 3 atom stereocenters. The minimum Gasteiger partial charge on any atom is -0.507 e.